The number of hydrogen-bond donors (Lipinski definition) is 1. The van der Waals surface area contributed by atoms with Crippen molar-refractivity contribution >= 4 is 15.9 Å². The first-order valence-electron chi connectivity index (χ1n) is 7.18. The molecule has 2 heterocycles. The first-order valence-corrected chi connectivity index (χ1v) is 9.07. The molecular formula is C14H22N2O4S. The molecule has 0 unspecified atom stereocenters. The van der Waals surface area contributed by atoms with E-state index in [0.717, 1.165) is 25.5 Å². The van der Waals surface area contributed by atoms with E-state index in [1.165, 1.54) is 6.26 Å². The van der Waals surface area contributed by atoms with E-state index < -0.39 is 10.0 Å². The molecule has 1 fully saturated rings. The van der Waals surface area contributed by atoms with E-state index in [4.69, 9.17) is 4.42 Å². The molecule has 1 amide bonds. The van der Waals surface area contributed by atoms with Crippen LogP contribution in [0.3, 0.4) is 0 Å². The van der Waals surface area contributed by atoms with Crippen molar-refractivity contribution in [2.75, 3.05) is 19.3 Å². The third kappa shape index (κ3) is 4.31. The Balaban J connectivity index is 2.02. The summed E-state index contributed by atoms with van der Waals surface area (Å²) in [5.74, 6) is 0.601. The van der Waals surface area contributed by atoms with Crippen molar-refractivity contribution < 1.29 is 17.6 Å². The van der Waals surface area contributed by atoms with E-state index >= 15 is 0 Å². The number of hydrogen-bond acceptors (Lipinski definition) is 4. The molecule has 1 aliphatic heterocycles. The van der Waals surface area contributed by atoms with E-state index in [9.17, 15) is 13.2 Å². The Labute approximate surface area is 125 Å². The van der Waals surface area contributed by atoms with Crippen LogP contribution in [-0.4, -0.2) is 44.6 Å². The fraction of sp³-hybridized carbons (Fsp3) is 0.643. The van der Waals surface area contributed by atoms with Crippen molar-refractivity contribution in [1.82, 2.24) is 9.62 Å². The molecule has 6 nitrogen and oxygen atoms in total. The molecule has 1 aromatic heterocycles. The maximum Gasteiger partial charge on any atom is 0.257 e. The number of amides is 1. The van der Waals surface area contributed by atoms with Gasteiger partial charge in [0.05, 0.1) is 18.1 Å². The normalized spacial score (nSPS) is 19.7. The first kappa shape index (κ1) is 16.0. The van der Waals surface area contributed by atoms with Crippen molar-refractivity contribution in [1.29, 1.82) is 0 Å². The highest BCUT2D eigenvalue weighted by atomic mass is 32.2. The van der Waals surface area contributed by atoms with Crippen molar-refractivity contribution in [2.45, 2.75) is 38.6 Å². The van der Waals surface area contributed by atoms with Crippen molar-refractivity contribution in [2.24, 2.45) is 0 Å². The molecule has 1 saturated heterocycles. The summed E-state index contributed by atoms with van der Waals surface area (Å²) < 4.78 is 29.9. The lowest BCUT2D eigenvalue weighted by molar-refractivity contribution is 0.0602. The summed E-state index contributed by atoms with van der Waals surface area (Å²) in [7, 11) is -3.18. The lowest BCUT2D eigenvalue weighted by Gasteiger charge is -2.35. The predicted octanol–water partition coefficient (Wildman–Crippen LogP) is 1.52. The number of furan rings is 1. The monoisotopic (exact) mass is 314 g/mol. The van der Waals surface area contributed by atoms with Gasteiger partial charge >= 0.3 is 0 Å². The zero-order chi connectivity index (χ0) is 15.5. The molecule has 2 rings (SSSR count). The molecule has 1 aromatic rings. The van der Waals surface area contributed by atoms with Crippen LogP contribution in [0.25, 0.3) is 0 Å². The number of sulfonamides is 1. The molecule has 1 N–H and O–H groups in total. The van der Waals surface area contributed by atoms with Crippen LogP contribution < -0.4 is 4.72 Å². The largest absolute Gasteiger partial charge is 0.469 e. The summed E-state index contributed by atoms with van der Waals surface area (Å²) in [5, 5.41) is 0. The number of nitrogens with one attached hydrogen (secondary N) is 1. The van der Waals surface area contributed by atoms with Crippen LogP contribution in [0, 0.1) is 6.92 Å². The summed E-state index contributed by atoms with van der Waals surface area (Å²) in [5.41, 5.74) is 0.595. The molecule has 7 heteroatoms. The van der Waals surface area contributed by atoms with Crippen LogP contribution in [0.1, 0.15) is 41.8 Å². The molecule has 0 spiro atoms. The van der Waals surface area contributed by atoms with E-state index in [1.807, 2.05) is 4.90 Å². The second-order valence-electron chi connectivity index (χ2n) is 5.49. The Morgan fingerprint density at radius 3 is 2.86 bits per heavy atom. The number of carbonyl (C=O) groups excluding carboxylic acids is 1. The minimum atomic E-state index is -3.18. The van der Waals surface area contributed by atoms with Crippen LogP contribution in [0.2, 0.25) is 0 Å². The van der Waals surface area contributed by atoms with Gasteiger partial charge in [-0.2, -0.15) is 0 Å². The standard InChI is InChI=1S/C14H22N2O4S/c1-11-13(7-10-20-11)14(17)16-9-4-3-5-12(16)6-8-15-21(2,18)19/h7,10,12,15H,3-6,8-9H2,1-2H3/t12-/m1/s1. The second-order valence-corrected chi connectivity index (χ2v) is 7.33. The maximum absolute atomic E-state index is 12.6. The van der Waals surface area contributed by atoms with Crippen LogP contribution in [0.15, 0.2) is 16.7 Å². The fourth-order valence-electron chi connectivity index (χ4n) is 2.74. The molecule has 0 saturated carbocycles. The molecule has 118 valence electrons. The molecule has 0 aliphatic carbocycles. The number of likely N-dealkylation sites (tertiary alicyclic amines) is 1. The zero-order valence-electron chi connectivity index (χ0n) is 12.5. The van der Waals surface area contributed by atoms with Crippen LogP contribution in [0.5, 0.6) is 0 Å². The van der Waals surface area contributed by atoms with Gasteiger partial charge in [-0.3, -0.25) is 4.79 Å². The zero-order valence-corrected chi connectivity index (χ0v) is 13.3. The van der Waals surface area contributed by atoms with Gasteiger partial charge in [-0.15, -0.1) is 0 Å². The number of carbonyl (C=O) groups is 1. The third-order valence-corrected chi connectivity index (χ3v) is 4.55. The van der Waals surface area contributed by atoms with Gasteiger partial charge in [0, 0.05) is 19.1 Å². The van der Waals surface area contributed by atoms with E-state index in [0.29, 0.717) is 30.8 Å². The lowest BCUT2D eigenvalue weighted by Crippen LogP contribution is -2.45. The summed E-state index contributed by atoms with van der Waals surface area (Å²) in [6.45, 7) is 2.85. The number of aryl methyl sites for hydroxylation is 1. The first-order chi connectivity index (χ1) is 9.88. The van der Waals surface area contributed by atoms with Crippen molar-refractivity contribution in [3.05, 3.63) is 23.7 Å². The summed E-state index contributed by atoms with van der Waals surface area (Å²) in [6, 6.07) is 1.77. The van der Waals surface area contributed by atoms with E-state index in [2.05, 4.69) is 4.72 Å². The minimum Gasteiger partial charge on any atom is -0.469 e. The quantitative estimate of drug-likeness (QED) is 0.893. The smallest absolute Gasteiger partial charge is 0.257 e. The summed E-state index contributed by atoms with van der Waals surface area (Å²) in [4.78, 5) is 14.4. The number of piperidine rings is 1. The van der Waals surface area contributed by atoms with Gasteiger partial charge in [0.1, 0.15) is 5.76 Å². The Hall–Kier alpha value is -1.34. The number of rotatable bonds is 5. The molecular weight excluding hydrogens is 292 g/mol. The Morgan fingerprint density at radius 1 is 1.48 bits per heavy atom. The van der Waals surface area contributed by atoms with E-state index in [-0.39, 0.29) is 11.9 Å². The third-order valence-electron chi connectivity index (χ3n) is 3.82. The molecule has 0 aromatic carbocycles. The molecule has 1 aliphatic rings. The molecule has 0 radical (unpaired) electrons. The van der Waals surface area contributed by atoms with Crippen molar-refractivity contribution in [3.8, 4) is 0 Å². The Kier molecular flexibility index (Phi) is 5.05. The highest BCUT2D eigenvalue weighted by Crippen LogP contribution is 2.23. The van der Waals surface area contributed by atoms with Gasteiger partial charge in [-0.1, -0.05) is 0 Å². The Morgan fingerprint density at radius 2 is 2.24 bits per heavy atom. The topological polar surface area (TPSA) is 79.6 Å². The second kappa shape index (κ2) is 6.62. The van der Waals surface area contributed by atoms with Crippen LogP contribution >= 0.6 is 0 Å². The summed E-state index contributed by atoms with van der Waals surface area (Å²) >= 11 is 0. The van der Waals surface area contributed by atoms with Gasteiger partial charge in [-0.25, -0.2) is 13.1 Å². The van der Waals surface area contributed by atoms with Crippen LogP contribution in [0.4, 0.5) is 0 Å². The molecule has 1 atom stereocenters. The van der Waals surface area contributed by atoms with Crippen LogP contribution in [-0.2, 0) is 10.0 Å². The Bertz CT molecular complexity index is 594. The average Bonchev–Trinajstić information content (AvgIpc) is 2.83. The van der Waals surface area contributed by atoms with Gasteiger partial charge in [0.15, 0.2) is 0 Å². The maximum atomic E-state index is 12.6. The van der Waals surface area contributed by atoms with Gasteiger partial charge in [-0.05, 0) is 38.7 Å². The highest BCUT2D eigenvalue weighted by Gasteiger charge is 2.28. The van der Waals surface area contributed by atoms with Crippen molar-refractivity contribution in [3.63, 3.8) is 0 Å². The van der Waals surface area contributed by atoms with Gasteiger partial charge in [0.2, 0.25) is 10.0 Å². The lowest BCUT2D eigenvalue weighted by atomic mass is 9.98. The summed E-state index contributed by atoms with van der Waals surface area (Å²) in [6.07, 6.45) is 6.26. The van der Waals surface area contributed by atoms with Gasteiger partial charge in [0.25, 0.3) is 5.91 Å². The van der Waals surface area contributed by atoms with E-state index in [1.54, 1.807) is 13.0 Å². The average molecular weight is 314 g/mol. The minimum absolute atomic E-state index is 0.0229. The number of nitrogens with zero attached hydrogens (tertiary/aromatic N) is 1. The fourth-order valence-corrected chi connectivity index (χ4v) is 3.23. The highest BCUT2D eigenvalue weighted by molar-refractivity contribution is 7.88. The SMILES string of the molecule is Cc1occc1C(=O)N1CCCC[C@@H]1CCNS(C)(=O)=O. The molecule has 0 bridgehead atoms. The predicted molar refractivity (Wildman–Crippen MR) is 79.6 cm³/mol. The molecule has 21 heavy (non-hydrogen) atoms. The van der Waals surface area contributed by atoms with Gasteiger partial charge < -0.3 is 9.32 Å².